The van der Waals surface area contributed by atoms with Crippen LogP contribution in [0.1, 0.15) is 11.1 Å². The Hall–Kier alpha value is 0.130. The molecule has 0 aliphatic carbocycles. The molecule has 0 aliphatic rings. The molecule has 3 nitrogen and oxygen atoms in total. The maximum Gasteiger partial charge on any atom is 0.161 e. The molecule has 1 atom stereocenters. The maximum absolute atomic E-state index is 5.74. The second-order valence-corrected chi connectivity index (χ2v) is 3.35. The summed E-state index contributed by atoms with van der Waals surface area (Å²) in [4.78, 5) is 0.652. The molecular weight excluding hydrogens is 207 g/mol. The van der Waals surface area contributed by atoms with Gasteiger partial charge in [-0.2, -0.15) is 4.37 Å². The number of halogens is 2. The molecule has 1 rings (SSSR count). The van der Waals surface area contributed by atoms with Crippen LogP contribution in [0.15, 0.2) is 0 Å². The van der Waals surface area contributed by atoms with E-state index in [0.717, 1.165) is 11.5 Å². The zero-order valence-corrected chi connectivity index (χ0v) is 8.00. The molecule has 2 N–H and O–H groups in total. The lowest BCUT2D eigenvalue weighted by Gasteiger charge is -2.05. The molecule has 1 unspecified atom stereocenters. The molecule has 0 radical (unpaired) electrons. The van der Waals surface area contributed by atoms with E-state index in [0.29, 0.717) is 9.90 Å². The first kappa shape index (κ1) is 9.22. The van der Waals surface area contributed by atoms with Gasteiger partial charge in [-0.3, -0.25) is 0 Å². The van der Waals surface area contributed by atoms with Crippen molar-refractivity contribution in [2.45, 2.75) is 6.23 Å². The van der Waals surface area contributed by atoms with Gasteiger partial charge in [-0.05, 0) is 11.5 Å². The number of hydrogen-bond donors (Lipinski definition) is 1. The summed E-state index contributed by atoms with van der Waals surface area (Å²) in [6.45, 7) is 0. The topological polar surface area (TPSA) is 48.1 Å². The van der Waals surface area contributed by atoms with Gasteiger partial charge >= 0.3 is 0 Å². The van der Waals surface area contributed by atoms with Gasteiger partial charge in [0.1, 0.15) is 6.23 Å². The number of ether oxygens (including phenoxy) is 1. The summed E-state index contributed by atoms with van der Waals surface area (Å²) in [6.07, 6.45) is -0.535. The Morgan fingerprint density at radius 1 is 1.64 bits per heavy atom. The molecule has 1 heterocycles. The Morgan fingerprint density at radius 3 is 2.64 bits per heavy atom. The molecule has 0 aromatic carbocycles. The van der Waals surface area contributed by atoms with E-state index in [2.05, 4.69) is 4.37 Å². The highest BCUT2D eigenvalue weighted by Crippen LogP contribution is 2.32. The Morgan fingerprint density at radius 2 is 2.27 bits per heavy atom. The predicted octanol–water partition coefficient (Wildman–Crippen LogP) is 2.05. The van der Waals surface area contributed by atoms with Gasteiger partial charge in [0, 0.05) is 7.11 Å². The zero-order chi connectivity index (χ0) is 8.43. The minimum absolute atomic E-state index is 0.277. The van der Waals surface area contributed by atoms with Crippen LogP contribution in [0.2, 0.25) is 10.2 Å². The van der Waals surface area contributed by atoms with Crippen molar-refractivity contribution in [1.29, 1.82) is 0 Å². The maximum atomic E-state index is 5.74. The largest absolute Gasteiger partial charge is 0.362 e. The average molecular weight is 213 g/mol. The van der Waals surface area contributed by atoms with E-state index >= 15 is 0 Å². The van der Waals surface area contributed by atoms with Gasteiger partial charge in [0.15, 0.2) is 5.15 Å². The highest BCUT2D eigenvalue weighted by Gasteiger charge is 2.15. The summed E-state index contributed by atoms with van der Waals surface area (Å²) in [6, 6.07) is 0. The molecule has 0 amide bonds. The fourth-order valence-electron chi connectivity index (χ4n) is 0.555. The van der Waals surface area contributed by atoms with Gasteiger partial charge in [0.05, 0.1) is 9.90 Å². The van der Waals surface area contributed by atoms with Crippen molar-refractivity contribution in [3.63, 3.8) is 0 Å². The van der Waals surface area contributed by atoms with Crippen LogP contribution in [0, 0.1) is 0 Å². The minimum Gasteiger partial charge on any atom is -0.362 e. The Labute approximate surface area is 78.2 Å². The lowest BCUT2D eigenvalue weighted by Crippen LogP contribution is -2.10. The smallest absolute Gasteiger partial charge is 0.161 e. The van der Waals surface area contributed by atoms with Gasteiger partial charge in [0.2, 0.25) is 0 Å². The van der Waals surface area contributed by atoms with Crippen molar-refractivity contribution in [2.75, 3.05) is 7.11 Å². The lowest BCUT2D eigenvalue weighted by atomic mass is 10.4. The summed E-state index contributed by atoms with van der Waals surface area (Å²) in [5.74, 6) is 0. The van der Waals surface area contributed by atoms with Crippen LogP contribution in [0.5, 0.6) is 0 Å². The first-order valence-corrected chi connectivity index (χ1v) is 4.28. The van der Waals surface area contributed by atoms with Crippen molar-refractivity contribution in [2.24, 2.45) is 5.73 Å². The summed E-state index contributed by atoms with van der Waals surface area (Å²) in [5.41, 5.74) is 5.51. The zero-order valence-electron chi connectivity index (χ0n) is 5.67. The van der Waals surface area contributed by atoms with Crippen LogP contribution in [0.4, 0.5) is 0 Å². The first-order chi connectivity index (χ1) is 5.16. The second kappa shape index (κ2) is 3.69. The van der Waals surface area contributed by atoms with Gasteiger partial charge in [-0.25, -0.2) is 0 Å². The number of aromatic nitrogens is 1. The predicted molar refractivity (Wildman–Crippen MR) is 46.1 cm³/mol. The average Bonchev–Trinajstić information content (AvgIpc) is 2.32. The molecular formula is C5H6Cl2N2OS. The van der Waals surface area contributed by atoms with Gasteiger partial charge < -0.3 is 10.5 Å². The van der Waals surface area contributed by atoms with Gasteiger partial charge in [0.25, 0.3) is 0 Å². The van der Waals surface area contributed by atoms with Crippen LogP contribution in [0.25, 0.3) is 0 Å². The summed E-state index contributed by atoms with van der Waals surface area (Å²) in [7, 11) is 1.49. The third-order valence-electron chi connectivity index (χ3n) is 1.13. The molecule has 0 aliphatic heterocycles. The third-order valence-corrected chi connectivity index (χ3v) is 3.01. The van der Waals surface area contributed by atoms with Crippen LogP contribution < -0.4 is 5.73 Å². The Kier molecular flexibility index (Phi) is 3.09. The molecule has 0 fully saturated rings. The third kappa shape index (κ3) is 1.83. The quantitative estimate of drug-likeness (QED) is 0.764. The highest BCUT2D eigenvalue weighted by molar-refractivity contribution is 7.07. The fraction of sp³-hybridized carbons (Fsp3) is 0.400. The highest BCUT2D eigenvalue weighted by atomic mass is 35.5. The summed E-state index contributed by atoms with van der Waals surface area (Å²) in [5, 5.41) is 0.658. The number of rotatable bonds is 2. The van der Waals surface area contributed by atoms with E-state index in [4.69, 9.17) is 33.7 Å². The molecule has 1 aromatic rings. The van der Waals surface area contributed by atoms with Crippen LogP contribution in [-0.4, -0.2) is 11.5 Å². The molecule has 0 spiro atoms. The van der Waals surface area contributed by atoms with E-state index in [1.54, 1.807) is 0 Å². The van der Waals surface area contributed by atoms with Gasteiger partial charge in [-0.1, -0.05) is 23.2 Å². The number of hydrogen-bond acceptors (Lipinski definition) is 4. The van der Waals surface area contributed by atoms with E-state index in [-0.39, 0.29) is 5.15 Å². The number of nitrogens with two attached hydrogens (primary N) is 1. The molecule has 0 bridgehead atoms. The molecule has 6 heteroatoms. The SMILES string of the molecule is COC(N)c1snc(Cl)c1Cl. The summed E-state index contributed by atoms with van der Waals surface area (Å²) < 4.78 is 8.64. The van der Waals surface area contributed by atoms with E-state index in [9.17, 15) is 0 Å². The van der Waals surface area contributed by atoms with E-state index in [1.807, 2.05) is 0 Å². The standard InChI is InChI=1S/C5H6Cl2N2OS/c1-10-5(8)3-2(6)4(7)9-11-3/h5H,8H2,1H3. The monoisotopic (exact) mass is 212 g/mol. The number of nitrogens with zero attached hydrogens (tertiary/aromatic N) is 1. The van der Waals surface area contributed by atoms with E-state index in [1.165, 1.54) is 7.11 Å². The fourth-order valence-corrected chi connectivity index (χ4v) is 1.77. The molecule has 1 aromatic heterocycles. The van der Waals surface area contributed by atoms with E-state index < -0.39 is 6.23 Å². The van der Waals surface area contributed by atoms with Crippen LogP contribution >= 0.6 is 34.7 Å². The normalized spacial score (nSPS) is 13.5. The molecule has 11 heavy (non-hydrogen) atoms. The van der Waals surface area contributed by atoms with Crippen molar-refractivity contribution in [3.8, 4) is 0 Å². The first-order valence-electron chi connectivity index (χ1n) is 2.75. The number of methoxy groups -OCH3 is 1. The Balaban J connectivity index is 2.94. The van der Waals surface area contributed by atoms with Crippen LogP contribution in [-0.2, 0) is 4.74 Å². The lowest BCUT2D eigenvalue weighted by molar-refractivity contribution is 0.112. The van der Waals surface area contributed by atoms with Gasteiger partial charge in [-0.15, -0.1) is 0 Å². The molecule has 62 valence electrons. The van der Waals surface area contributed by atoms with Crippen molar-refractivity contribution >= 4 is 34.7 Å². The van der Waals surface area contributed by atoms with Crippen molar-refractivity contribution in [1.82, 2.24) is 4.37 Å². The summed E-state index contributed by atoms with van der Waals surface area (Å²) >= 11 is 12.5. The molecule has 0 saturated carbocycles. The van der Waals surface area contributed by atoms with Crippen LogP contribution in [0.3, 0.4) is 0 Å². The van der Waals surface area contributed by atoms with Crippen molar-refractivity contribution < 1.29 is 4.74 Å². The minimum atomic E-state index is -0.535. The Bertz CT molecular complexity index is 253. The second-order valence-electron chi connectivity index (χ2n) is 1.81. The van der Waals surface area contributed by atoms with Crippen molar-refractivity contribution in [3.05, 3.63) is 15.1 Å². The molecule has 0 saturated heterocycles.